The maximum atomic E-state index is 13.1. The van der Waals surface area contributed by atoms with Crippen molar-refractivity contribution in [3.63, 3.8) is 0 Å². The summed E-state index contributed by atoms with van der Waals surface area (Å²) in [5, 5.41) is 9.28. The summed E-state index contributed by atoms with van der Waals surface area (Å²) < 4.78 is 0. The normalized spacial score (nSPS) is 30.6. The van der Waals surface area contributed by atoms with Crippen molar-refractivity contribution in [3.8, 4) is 0 Å². The molecule has 4 aliphatic rings. The van der Waals surface area contributed by atoms with Crippen LogP contribution in [-0.4, -0.2) is 54.2 Å². The molecule has 3 fully saturated rings. The second-order valence-corrected chi connectivity index (χ2v) is 9.13. The number of imide groups is 2. The van der Waals surface area contributed by atoms with Gasteiger partial charge in [-0.2, -0.15) is 0 Å². The fourth-order valence-electron chi connectivity index (χ4n) is 5.62. The Balaban J connectivity index is 1.32. The van der Waals surface area contributed by atoms with E-state index in [0.29, 0.717) is 17.7 Å². The number of hydrogen-bond donors (Lipinski definition) is 3. The van der Waals surface area contributed by atoms with E-state index in [1.165, 1.54) is 19.3 Å². The van der Waals surface area contributed by atoms with E-state index in [4.69, 9.17) is 0 Å². The van der Waals surface area contributed by atoms with Gasteiger partial charge in [0.05, 0.1) is 11.1 Å². The lowest BCUT2D eigenvalue weighted by atomic mass is 9.82. The molecule has 5 rings (SSSR count). The monoisotopic (exact) mass is 410 g/mol. The van der Waals surface area contributed by atoms with Crippen molar-refractivity contribution in [1.82, 2.24) is 20.9 Å². The Labute approximate surface area is 174 Å². The van der Waals surface area contributed by atoms with Crippen LogP contribution in [0, 0.1) is 11.3 Å². The fraction of sp³-hybridized carbons (Fsp3) is 0.545. The van der Waals surface area contributed by atoms with E-state index in [2.05, 4.69) is 16.0 Å². The van der Waals surface area contributed by atoms with E-state index >= 15 is 0 Å². The molecule has 4 amide bonds. The first-order chi connectivity index (χ1) is 14.5. The van der Waals surface area contributed by atoms with E-state index in [1.807, 2.05) is 6.07 Å². The van der Waals surface area contributed by atoms with Crippen LogP contribution < -0.4 is 16.0 Å². The summed E-state index contributed by atoms with van der Waals surface area (Å²) >= 11 is 0. The third kappa shape index (κ3) is 3.15. The van der Waals surface area contributed by atoms with Gasteiger partial charge in [-0.15, -0.1) is 0 Å². The highest BCUT2D eigenvalue weighted by Crippen LogP contribution is 2.43. The van der Waals surface area contributed by atoms with Gasteiger partial charge < -0.3 is 10.6 Å². The Morgan fingerprint density at radius 2 is 2.00 bits per heavy atom. The van der Waals surface area contributed by atoms with Gasteiger partial charge in [-0.05, 0) is 55.2 Å². The predicted molar refractivity (Wildman–Crippen MR) is 107 cm³/mol. The van der Waals surface area contributed by atoms with Crippen LogP contribution in [0.15, 0.2) is 18.2 Å². The Morgan fingerprint density at radius 3 is 2.83 bits per heavy atom. The van der Waals surface area contributed by atoms with Crippen LogP contribution in [0.25, 0.3) is 0 Å². The molecule has 0 radical (unpaired) electrons. The summed E-state index contributed by atoms with van der Waals surface area (Å²) in [6.45, 7) is 3.50. The molecule has 3 N–H and O–H groups in total. The van der Waals surface area contributed by atoms with Crippen molar-refractivity contribution in [2.45, 2.75) is 44.7 Å². The maximum Gasteiger partial charge on any atom is 0.262 e. The van der Waals surface area contributed by atoms with Gasteiger partial charge in [0.25, 0.3) is 11.8 Å². The second kappa shape index (κ2) is 7.28. The van der Waals surface area contributed by atoms with Gasteiger partial charge in [0.1, 0.15) is 6.04 Å². The van der Waals surface area contributed by atoms with Gasteiger partial charge in [-0.3, -0.25) is 29.4 Å². The number of hydrogen-bond acceptors (Lipinski definition) is 6. The van der Waals surface area contributed by atoms with Crippen LogP contribution in [0.3, 0.4) is 0 Å². The summed E-state index contributed by atoms with van der Waals surface area (Å²) in [5.74, 6) is -1.09. The summed E-state index contributed by atoms with van der Waals surface area (Å²) in [4.78, 5) is 50.8. The Hall–Kier alpha value is -2.58. The lowest BCUT2D eigenvalue weighted by Crippen LogP contribution is -2.54. The number of carbonyl (C=O) groups excluding carboxylic acids is 4. The van der Waals surface area contributed by atoms with Crippen molar-refractivity contribution in [2.75, 3.05) is 19.6 Å². The van der Waals surface area contributed by atoms with Crippen molar-refractivity contribution in [2.24, 2.45) is 11.3 Å². The molecule has 158 valence electrons. The van der Waals surface area contributed by atoms with Crippen LogP contribution >= 0.6 is 0 Å². The molecule has 1 aliphatic carbocycles. The predicted octanol–water partition coefficient (Wildman–Crippen LogP) is 0.567. The van der Waals surface area contributed by atoms with E-state index in [1.54, 1.807) is 12.1 Å². The van der Waals surface area contributed by atoms with E-state index in [0.717, 1.165) is 36.0 Å². The zero-order valence-corrected chi connectivity index (χ0v) is 16.8. The molecule has 3 unspecified atom stereocenters. The van der Waals surface area contributed by atoms with Gasteiger partial charge in [0.15, 0.2) is 0 Å². The topological polar surface area (TPSA) is 108 Å². The number of carbonyl (C=O) groups is 4. The second-order valence-electron chi connectivity index (χ2n) is 9.13. The molecule has 3 atom stereocenters. The van der Waals surface area contributed by atoms with Gasteiger partial charge in [0, 0.05) is 26.1 Å². The number of piperidine rings is 2. The quantitative estimate of drug-likeness (QED) is 0.613. The smallest absolute Gasteiger partial charge is 0.262 e. The minimum Gasteiger partial charge on any atom is -0.316 e. The number of fused-ring (bicyclic) bond motifs is 3. The molecule has 2 bridgehead atoms. The Kier molecular flexibility index (Phi) is 4.71. The van der Waals surface area contributed by atoms with E-state index < -0.39 is 23.8 Å². The molecule has 1 aromatic rings. The van der Waals surface area contributed by atoms with Gasteiger partial charge in [-0.25, -0.2) is 0 Å². The highest BCUT2D eigenvalue weighted by Gasteiger charge is 2.46. The third-order valence-electron chi connectivity index (χ3n) is 7.11. The number of benzene rings is 1. The Bertz CT molecular complexity index is 941. The van der Waals surface area contributed by atoms with Crippen molar-refractivity contribution >= 4 is 23.6 Å². The fourth-order valence-corrected chi connectivity index (χ4v) is 5.62. The minimum atomic E-state index is -0.932. The molecular formula is C22H26N4O4. The number of nitrogens with one attached hydrogen (secondary N) is 3. The average Bonchev–Trinajstić information content (AvgIpc) is 3.16. The lowest BCUT2D eigenvalue weighted by Gasteiger charge is -2.34. The zero-order valence-electron chi connectivity index (χ0n) is 16.8. The van der Waals surface area contributed by atoms with Crippen molar-refractivity contribution < 1.29 is 19.2 Å². The van der Waals surface area contributed by atoms with Crippen LogP contribution in [0.2, 0.25) is 0 Å². The highest BCUT2D eigenvalue weighted by atomic mass is 16.2. The zero-order chi connectivity index (χ0) is 20.9. The molecule has 0 spiro atoms. The van der Waals surface area contributed by atoms with Crippen LogP contribution in [0.4, 0.5) is 0 Å². The molecule has 3 aliphatic heterocycles. The first kappa shape index (κ1) is 19.4. The minimum absolute atomic E-state index is 0.120. The van der Waals surface area contributed by atoms with E-state index in [9.17, 15) is 19.2 Å². The molecule has 8 heteroatoms. The average molecular weight is 410 g/mol. The number of nitrogens with zero attached hydrogens (tertiary/aromatic N) is 1. The third-order valence-corrected chi connectivity index (χ3v) is 7.11. The largest absolute Gasteiger partial charge is 0.316 e. The highest BCUT2D eigenvalue weighted by molar-refractivity contribution is 6.24. The molecular weight excluding hydrogens is 384 g/mol. The van der Waals surface area contributed by atoms with Crippen molar-refractivity contribution in [1.29, 1.82) is 0 Å². The summed E-state index contributed by atoms with van der Waals surface area (Å²) in [6.07, 6.45) is 4.00. The van der Waals surface area contributed by atoms with Crippen LogP contribution in [-0.2, 0) is 16.1 Å². The van der Waals surface area contributed by atoms with Gasteiger partial charge in [0.2, 0.25) is 11.8 Å². The Morgan fingerprint density at radius 1 is 1.13 bits per heavy atom. The molecule has 1 aromatic carbocycles. The standard InChI is InChI=1S/C22H26N4O4/c27-17-5-4-16(19(28)25-17)26-20(29)15-3-1-2-14(18(15)21(26)30)10-24-12-22-7-6-13(8-22)9-23-11-22/h1-3,13,16,23-24H,4-12H2,(H,25,27,28). The SMILES string of the molecule is O=C1CCC(N2C(=O)c3cccc(CNCC45CCC(CNC4)C5)c3C2=O)C(=O)N1. The van der Waals surface area contributed by atoms with Crippen molar-refractivity contribution in [3.05, 3.63) is 34.9 Å². The summed E-state index contributed by atoms with van der Waals surface area (Å²) in [7, 11) is 0. The maximum absolute atomic E-state index is 13.1. The molecule has 1 saturated carbocycles. The summed E-state index contributed by atoms with van der Waals surface area (Å²) in [5.41, 5.74) is 1.76. The first-order valence-electron chi connectivity index (χ1n) is 10.7. The molecule has 30 heavy (non-hydrogen) atoms. The first-order valence-corrected chi connectivity index (χ1v) is 10.7. The molecule has 3 heterocycles. The number of amides is 4. The van der Waals surface area contributed by atoms with Crippen LogP contribution in [0.5, 0.6) is 0 Å². The van der Waals surface area contributed by atoms with Crippen LogP contribution in [0.1, 0.15) is 58.4 Å². The van der Waals surface area contributed by atoms with Gasteiger partial charge >= 0.3 is 0 Å². The van der Waals surface area contributed by atoms with E-state index in [-0.39, 0.29) is 24.2 Å². The summed E-state index contributed by atoms with van der Waals surface area (Å²) in [6, 6.07) is 4.34. The molecule has 8 nitrogen and oxygen atoms in total. The lowest BCUT2D eigenvalue weighted by molar-refractivity contribution is -0.136. The molecule has 0 aromatic heterocycles. The van der Waals surface area contributed by atoms with Gasteiger partial charge in [-0.1, -0.05) is 12.1 Å². The molecule has 2 saturated heterocycles. The number of rotatable bonds is 5.